The highest BCUT2D eigenvalue weighted by atomic mass is 16.5. The van der Waals surface area contributed by atoms with Crippen molar-refractivity contribution in [3.63, 3.8) is 0 Å². The van der Waals surface area contributed by atoms with Gasteiger partial charge in [-0.05, 0) is 76.2 Å². The van der Waals surface area contributed by atoms with Crippen LogP contribution in [0.2, 0.25) is 0 Å². The predicted octanol–water partition coefficient (Wildman–Crippen LogP) is 5.98. The summed E-state index contributed by atoms with van der Waals surface area (Å²) in [5, 5.41) is 8.51. The Morgan fingerprint density at radius 2 is 1.41 bits per heavy atom. The molecule has 196 valence electrons. The molecule has 0 bridgehead atoms. The lowest BCUT2D eigenvalue weighted by Crippen LogP contribution is -2.42. The molecule has 0 saturated heterocycles. The maximum absolute atomic E-state index is 12.7. The zero-order chi connectivity index (χ0) is 26.8. The molecule has 0 spiro atoms. The maximum atomic E-state index is 12.7. The Labute approximate surface area is 219 Å². The van der Waals surface area contributed by atoms with Crippen molar-refractivity contribution in [3.8, 4) is 17.2 Å². The molecule has 0 aliphatic rings. The van der Waals surface area contributed by atoms with E-state index in [-0.39, 0.29) is 5.91 Å². The van der Waals surface area contributed by atoms with Crippen LogP contribution >= 0.6 is 0 Å². The second kappa shape index (κ2) is 13.3. The molecule has 0 fully saturated rings. The number of methoxy groups -OCH3 is 1. The van der Waals surface area contributed by atoms with E-state index in [2.05, 4.69) is 48.5 Å². The number of anilines is 2. The van der Waals surface area contributed by atoms with Gasteiger partial charge in [0.1, 0.15) is 17.2 Å². The Morgan fingerprint density at radius 3 is 2.03 bits per heavy atom. The van der Waals surface area contributed by atoms with E-state index in [9.17, 15) is 9.59 Å². The molecule has 3 amide bonds. The van der Waals surface area contributed by atoms with Gasteiger partial charge in [0, 0.05) is 42.6 Å². The Balaban J connectivity index is 1.54. The van der Waals surface area contributed by atoms with E-state index in [0.29, 0.717) is 47.1 Å². The molecular weight excluding hydrogens is 468 g/mol. The van der Waals surface area contributed by atoms with Gasteiger partial charge in [-0.15, -0.1) is 0 Å². The first-order valence-electron chi connectivity index (χ1n) is 12.4. The first-order valence-corrected chi connectivity index (χ1v) is 12.4. The van der Waals surface area contributed by atoms with E-state index in [1.807, 2.05) is 30.3 Å². The summed E-state index contributed by atoms with van der Waals surface area (Å²) < 4.78 is 11.2. The highest BCUT2D eigenvalue weighted by molar-refractivity contribution is 6.01. The lowest BCUT2D eigenvalue weighted by atomic mass is 10.1. The number of urea groups is 1. The first kappa shape index (κ1) is 27.5. The van der Waals surface area contributed by atoms with Crippen LogP contribution in [0.25, 0.3) is 0 Å². The predicted molar refractivity (Wildman–Crippen MR) is 148 cm³/mol. The lowest BCUT2D eigenvalue weighted by molar-refractivity contribution is 0.0936. The third kappa shape index (κ3) is 8.25. The summed E-state index contributed by atoms with van der Waals surface area (Å²) in [6.07, 6.45) is 0. The fourth-order valence-corrected chi connectivity index (χ4v) is 3.99. The van der Waals surface area contributed by atoms with Crippen molar-refractivity contribution in [3.05, 3.63) is 78.4 Å². The van der Waals surface area contributed by atoms with E-state index < -0.39 is 6.03 Å². The summed E-state index contributed by atoms with van der Waals surface area (Å²) in [6.45, 7) is 9.84. The van der Waals surface area contributed by atoms with Crippen molar-refractivity contribution < 1.29 is 19.1 Å². The number of rotatable bonds is 11. The van der Waals surface area contributed by atoms with Gasteiger partial charge >= 0.3 is 6.03 Å². The highest BCUT2D eigenvalue weighted by Gasteiger charge is 2.16. The Morgan fingerprint density at radius 1 is 0.811 bits per heavy atom. The summed E-state index contributed by atoms with van der Waals surface area (Å²) in [4.78, 5) is 27.6. The average Bonchev–Trinajstić information content (AvgIpc) is 2.87. The number of para-hydroxylation sites is 1. The van der Waals surface area contributed by atoms with Crippen LogP contribution in [0.15, 0.2) is 72.8 Å². The van der Waals surface area contributed by atoms with Gasteiger partial charge in [0.2, 0.25) is 0 Å². The van der Waals surface area contributed by atoms with Crippen LogP contribution < -0.4 is 25.4 Å². The normalized spacial score (nSPS) is 10.9. The molecule has 0 heterocycles. The van der Waals surface area contributed by atoms with E-state index in [1.54, 1.807) is 42.5 Å². The zero-order valence-electron chi connectivity index (χ0n) is 22.1. The lowest BCUT2D eigenvalue weighted by Gasteiger charge is -2.30. The molecule has 3 aromatic carbocycles. The van der Waals surface area contributed by atoms with Crippen LogP contribution in [0.1, 0.15) is 38.1 Å². The van der Waals surface area contributed by atoms with Crippen molar-refractivity contribution >= 4 is 23.3 Å². The number of ether oxygens (including phenoxy) is 2. The standard InChI is InChI=1S/C29H36N4O4/c1-20(2)33(21(3)4)18-17-30-28(34)26-16-13-23(19-27(26)36-5)32-29(35)31-22-11-14-25(15-12-22)37-24-9-7-6-8-10-24/h6-16,19-21H,17-18H2,1-5H3,(H,30,34)(H2,31,32,35). The van der Waals surface area contributed by atoms with E-state index in [4.69, 9.17) is 9.47 Å². The van der Waals surface area contributed by atoms with Crippen molar-refractivity contribution in [2.75, 3.05) is 30.8 Å². The molecule has 8 nitrogen and oxygen atoms in total. The summed E-state index contributed by atoms with van der Waals surface area (Å²) >= 11 is 0. The minimum atomic E-state index is -0.418. The largest absolute Gasteiger partial charge is 0.496 e. The van der Waals surface area contributed by atoms with Gasteiger partial charge in [0.15, 0.2) is 0 Å². The van der Waals surface area contributed by atoms with Gasteiger partial charge in [0.25, 0.3) is 5.91 Å². The Hall–Kier alpha value is -4.04. The number of nitrogens with one attached hydrogen (secondary N) is 3. The van der Waals surface area contributed by atoms with E-state index >= 15 is 0 Å². The van der Waals surface area contributed by atoms with Crippen LogP contribution in [-0.4, -0.2) is 49.1 Å². The molecule has 0 aliphatic heterocycles. The van der Waals surface area contributed by atoms with Crippen molar-refractivity contribution in [1.29, 1.82) is 0 Å². The molecule has 3 rings (SSSR count). The summed E-state index contributed by atoms with van der Waals surface area (Å²) in [5.74, 6) is 1.55. The number of benzene rings is 3. The molecule has 0 atom stereocenters. The van der Waals surface area contributed by atoms with Gasteiger partial charge in [0.05, 0.1) is 12.7 Å². The molecule has 37 heavy (non-hydrogen) atoms. The minimum absolute atomic E-state index is 0.224. The van der Waals surface area contributed by atoms with E-state index in [0.717, 1.165) is 12.3 Å². The van der Waals surface area contributed by atoms with Gasteiger partial charge in [-0.1, -0.05) is 18.2 Å². The summed E-state index contributed by atoms with van der Waals surface area (Å²) in [5.41, 5.74) is 1.52. The van der Waals surface area contributed by atoms with Crippen molar-refractivity contribution in [2.45, 2.75) is 39.8 Å². The fourth-order valence-electron chi connectivity index (χ4n) is 3.99. The van der Waals surface area contributed by atoms with Gasteiger partial charge < -0.3 is 25.4 Å². The topological polar surface area (TPSA) is 91.9 Å². The molecule has 3 N–H and O–H groups in total. The minimum Gasteiger partial charge on any atom is -0.496 e. The number of hydrogen-bond donors (Lipinski definition) is 3. The molecule has 0 radical (unpaired) electrons. The summed E-state index contributed by atoms with van der Waals surface area (Å²) in [6, 6.07) is 21.8. The van der Waals surface area contributed by atoms with E-state index in [1.165, 1.54) is 7.11 Å². The molecule has 0 aliphatic carbocycles. The van der Waals surface area contributed by atoms with Gasteiger partial charge in [-0.25, -0.2) is 4.79 Å². The van der Waals surface area contributed by atoms with Crippen LogP contribution in [0.5, 0.6) is 17.2 Å². The molecule has 0 unspecified atom stereocenters. The number of carbonyl (C=O) groups is 2. The van der Waals surface area contributed by atoms with Crippen molar-refractivity contribution in [2.24, 2.45) is 0 Å². The highest BCUT2D eigenvalue weighted by Crippen LogP contribution is 2.25. The number of carbonyl (C=O) groups excluding carboxylic acids is 2. The maximum Gasteiger partial charge on any atom is 0.323 e. The average molecular weight is 505 g/mol. The third-order valence-electron chi connectivity index (χ3n) is 5.78. The second-order valence-electron chi connectivity index (χ2n) is 9.11. The van der Waals surface area contributed by atoms with Crippen LogP contribution in [0, 0.1) is 0 Å². The summed E-state index contributed by atoms with van der Waals surface area (Å²) in [7, 11) is 1.49. The molecular formula is C29H36N4O4. The monoisotopic (exact) mass is 504 g/mol. The Kier molecular flexibility index (Phi) is 9.92. The Bertz CT molecular complexity index is 1160. The smallest absolute Gasteiger partial charge is 0.323 e. The van der Waals surface area contributed by atoms with Crippen LogP contribution in [-0.2, 0) is 0 Å². The fraction of sp³-hybridized carbons (Fsp3) is 0.310. The number of nitrogens with zero attached hydrogens (tertiary/aromatic N) is 1. The zero-order valence-corrected chi connectivity index (χ0v) is 22.1. The molecule has 3 aromatic rings. The SMILES string of the molecule is COc1cc(NC(=O)Nc2ccc(Oc3ccccc3)cc2)ccc1C(=O)NCCN(C(C)C)C(C)C. The van der Waals surface area contributed by atoms with Gasteiger partial charge in [-0.3, -0.25) is 9.69 Å². The molecule has 0 saturated carbocycles. The van der Waals surface area contributed by atoms with Gasteiger partial charge in [-0.2, -0.15) is 0 Å². The second-order valence-corrected chi connectivity index (χ2v) is 9.11. The number of amides is 3. The first-order chi connectivity index (χ1) is 17.8. The number of hydrogen-bond acceptors (Lipinski definition) is 5. The third-order valence-corrected chi connectivity index (χ3v) is 5.78. The van der Waals surface area contributed by atoms with Crippen LogP contribution in [0.3, 0.4) is 0 Å². The molecule has 8 heteroatoms. The molecule has 0 aromatic heterocycles. The van der Waals surface area contributed by atoms with Crippen molar-refractivity contribution in [1.82, 2.24) is 10.2 Å². The quantitative estimate of drug-likeness (QED) is 0.299. The van der Waals surface area contributed by atoms with Crippen LogP contribution in [0.4, 0.5) is 16.2 Å².